The number of halogens is 2. The molecule has 0 amide bonds. The SMILES string of the molecule is CCCNc1nc(Sc2nc(C)c(C)o2)c(Cl)cc1Cl. The summed E-state index contributed by atoms with van der Waals surface area (Å²) in [6.45, 7) is 6.64. The molecule has 0 saturated carbocycles. The molecule has 0 radical (unpaired) electrons. The van der Waals surface area contributed by atoms with E-state index in [2.05, 4.69) is 22.2 Å². The lowest BCUT2D eigenvalue weighted by Gasteiger charge is -2.09. The molecule has 0 bridgehead atoms. The first-order chi connectivity index (χ1) is 9.51. The molecule has 108 valence electrons. The lowest BCUT2D eigenvalue weighted by atomic mass is 10.4. The Morgan fingerprint density at radius 2 is 2.00 bits per heavy atom. The highest BCUT2D eigenvalue weighted by molar-refractivity contribution is 7.99. The molecule has 2 heterocycles. The van der Waals surface area contributed by atoms with Gasteiger partial charge in [0.15, 0.2) is 0 Å². The number of aryl methyl sites for hydroxylation is 2. The fourth-order valence-electron chi connectivity index (χ4n) is 1.46. The Bertz CT molecular complexity index is 596. The van der Waals surface area contributed by atoms with E-state index >= 15 is 0 Å². The largest absolute Gasteiger partial charge is 0.436 e. The minimum Gasteiger partial charge on any atom is -0.436 e. The van der Waals surface area contributed by atoms with Crippen molar-refractivity contribution in [3.63, 3.8) is 0 Å². The van der Waals surface area contributed by atoms with E-state index in [4.69, 9.17) is 27.6 Å². The van der Waals surface area contributed by atoms with E-state index in [1.54, 1.807) is 6.07 Å². The van der Waals surface area contributed by atoms with Gasteiger partial charge in [-0.3, -0.25) is 0 Å². The lowest BCUT2D eigenvalue weighted by molar-refractivity contribution is 0.431. The van der Waals surface area contributed by atoms with E-state index in [0.717, 1.165) is 24.4 Å². The predicted octanol–water partition coefficient (Wildman–Crippen LogP) is 4.97. The molecule has 0 aromatic carbocycles. The maximum atomic E-state index is 6.17. The van der Waals surface area contributed by atoms with Crippen molar-refractivity contribution in [2.24, 2.45) is 0 Å². The summed E-state index contributed by atoms with van der Waals surface area (Å²) in [5.74, 6) is 1.42. The summed E-state index contributed by atoms with van der Waals surface area (Å²) in [5, 5.41) is 5.30. The van der Waals surface area contributed by atoms with Crippen LogP contribution in [0.4, 0.5) is 5.82 Å². The molecule has 2 aromatic heterocycles. The molecular formula is C13H15Cl2N3OS. The Kier molecular flexibility index (Phi) is 5.18. The third-order valence-electron chi connectivity index (χ3n) is 2.63. The van der Waals surface area contributed by atoms with Gasteiger partial charge in [0.05, 0.1) is 15.7 Å². The average Bonchev–Trinajstić information content (AvgIpc) is 2.70. The number of hydrogen-bond acceptors (Lipinski definition) is 5. The van der Waals surface area contributed by atoms with Crippen molar-refractivity contribution in [2.45, 2.75) is 37.4 Å². The van der Waals surface area contributed by atoms with E-state index in [1.165, 1.54) is 11.8 Å². The predicted molar refractivity (Wildman–Crippen MR) is 83.1 cm³/mol. The van der Waals surface area contributed by atoms with Crippen LogP contribution < -0.4 is 5.32 Å². The van der Waals surface area contributed by atoms with Crippen molar-refractivity contribution in [1.29, 1.82) is 0 Å². The van der Waals surface area contributed by atoms with Gasteiger partial charge in [-0.25, -0.2) is 9.97 Å². The van der Waals surface area contributed by atoms with E-state index in [9.17, 15) is 0 Å². The van der Waals surface area contributed by atoms with Crippen LogP contribution in [0.3, 0.4) is 0 Å². The van der Waals surface area contributed by atoms with Crippen LogP contribution in [-0.2, 0) is 0 Å². The first kappa shape index (κ1) is 15.5. The molecule has 2 aromatic rings. The Morgan fingerprint density at radius 3 is 2.60 bits per heavy atom. The topological polar surface area (TPSA) is 51.0 Å². The molecule has 0 aliphatic heterocycles. The Labute approximate surface area is 132 Å². The highest BCUT2D eigenvalue weighted by atomic mass is 35.5. The van der Waals surface area contributed by atoms with E-state index in [0.29, 0.717) is 26.1 Å². The van der Waals surface area contributed by atoms with Crippen molar-refractivity contribution in [3.8, 4) is 0 Å². The fraction of sp³-hybridized carbons (Fsp3) is 0.385. The Morgan fingerprint density at radius 1 is 1.25 bits per heavy atom. The number of nitrogens with zero attached hydrogens (tertiary/aromatic N) is 2. The van der Waals surface area contributed by atoms with Crippen LogP contribution in [0.5, 0.6) is 0 Å². The van der Waals surface area contributed by atoms with Crippen molar-refractivity contribution >= 4 is 40.8 Å². The Hall–Kier alpha value is -0.910. The summed E-state index contributed by atoms with van der Waals surface area (Å²) >= 11 is 13.6. The third-order valence-corrected chi connectivity index (χ3v) is 4.17. The van der Waals surface area contributed by atoms with Gasteiger partial charge in [0.2, 0.25) is 0 Å². The number of anilines is 1. The van der Waals surface area contributed by atoms with Crippen LogP contribution in [0.1, 0.15) is 24.8 Å². The van der Waals surface area contributed by atoms with E-state index in [-0.39, 0.29) is 0 Å². The second kappa shape index (κ2) is 6.70. The highest BCUT2D eigenvalue weighted by Crippen LogP contribution is 2.35. The second-order valence-corrected chi connectivity index (χ2v) is 6.01. The molecule has 0 spiro atoms. The van der Waals surface area contributed by atoms with Gasteiger partial charge in [0.25, 0.3) is 5.22 Å². The number of hydrogen-bond donors (Lipinski definition) is 1. The van der Waals surface area contributed by atoms with Crippen molar-refractivity contribution in [3.05, 3.63) is 27.6 Å². The zero-order valence-electron chi connectivity index (χ0n) is 11.5. The lowest BCUT2D eigenvalue weighted by Crippen LogP contribution is -2.03. The summed E-state index contributed by atoms with van der Waals surface area (Å²) in [6.07, 6.45) is 0.987. The van der Waals surface area contributed by atoms with Gasteiger partial charge in [-0.2, -0.15) is 0 Å². The zero-order chi connectivity index (χ0) is 14.7. The first-order valence-corrected chi connectivity index (χ1v) is 7.80. The van der Waals surface area contributed by atoms with Crippen LogP contribution in [-0.4, -0.2) is 16.5 Å². The minimum atomic E-state index is 0.482. The molecule has 0 saturated heterocycles. The molecule has 0 atom stereocenters. The van der Waals surface area contributed by atoms with E-state index in [1.807, 2.05) is 13.8 Å². The summed E-state index contributed by atoms with van der Waals surface area (Å²) in [6, 6.07) is 1.68. The second-order valence-electron chi connectivity index (χ2n) is 4.26. The zero-order valence-corrected chi connectivity index (χ0v) is 13.8. The summed E-state index contributed by atoms with van der Waals surface area (Å²) in [4.78, 5) is 8.74. The fourth-order valence-corrected chi connectivity index (χ4v) is 2.81. The molecule has 0 aliphatic rings. The molecule has 0 unspecified atom stereocenters. The average molecular weight is 332 g/mol. The molecule has 7 heteroatoms. The van der Waals surface area contributed by atoms with Gasteiger partial charge < -0.3 is 9.73 Å². The van der Waals surface area contributed by atoms with Gasteiger partial charge in [0, 0.05) is 6.54 Å². The van der Waals surface area contributed by atoms with Crippen molar-refractivity contribution < 1.29 is 4.42 Å². The van der Waals surface area contributed by atoms with Gasteiger partial charge in [-0.15, -0.1) is 0 Å². The van der Waals surface area contributed by atoms with Gasteiger partial charge >= 0.3 is 0 Å². The number of oxazole rings is 1. The highest BCUT2D eigenvalue weighted by Gasteiger charge is 2.14. The minimum absolute atomic E-state index is 0.482. The van der Waals surface area contributed by atoms with Crippen LogP contribution >= 0.6 is 35.0 Å². The van der Waals surface area contributed by atoms with E-state index < -0.39 is 0 Å². The smallest absolute Gasteiger partial charge is 0.262 e. The summed E-state index contributed by atoms with van der Waals surface area (Å²) in [7, 11) is 0. The molecule has 20 heavy (non-hydrogen) atoms. The maximum absolute atomic E-state index is 6.17. The molecule has 2 rings (SSSR count). The maximum Gasteiger partial charge on any atom is 0.262 e. The molecule has 0 fully saturated rings. The quantitative estimate of drug-likeness (QED) is 0.838. The van der Waals surface area contributed by atoms with Crippen LogP contribution in [0.15, 0.2) is 20.7 Å². The normalized spacial score (nSPS) is 10.8. The molecule has 0 aliphatic carbocycles. The number of rotatable bonds is 5. The standard InChI is InChI=1S/C13H15Cl2N3OS/c1-4-5-16-11-9(14)6-10(15)12(18-11)20-13-17-7(2)8(3)19-13/h6H,4-5H2,1-3H3,(H,16,18). The number of nitrogens with one attached hydrogen (secondary N) is 1. The van der Waals surface area contributed by atoms with Crippen LogP contribution in [0.25, 0.3) is 0 Å². The summed E-state index contributed by atoms with van der Waals surface area (Å²) in [5.41, 5.74) is 0.863. The van der Waals surface area contributed by atoms with Crippen molar-refractivity contribution in [2.75, 3.05) is 11.9 Å². The molecule has 4 nitrogen and oxygen atoms in total. The van der Waals surface area contributed by atoms with Crippen molar-refractivity contribution in [1.82, 2.24) is 9.97 Å². The Balaban J connectivity index is 2.26. The first-order valence-electron chi connectivity index (χ1n) is 6.23. The van der Waals surface area contributed by atoms with Gasteiger partial charge in [0.1, 0.15) is 16.6 Å². The van der Waals surface area contributed by atoms with Crippen LogP contribution in [0, 0.1) is 13.8 Å². The summed E-state index contributed by atoms with van der Waals surface area (Å²) < 4.78 is 5.52. The monoisotopic (exact) mass is 331 g/mol. The number of aromatic nitrogens is 2. The van der Waals surface area contributed by atoms with Gasteiger partial charge in [-0.05, 0) is 38.1 Å². The molecule has 1 N–H and O–H groups in total. The molecular weight excluding hydrogens is 317 g/mol. The number of pyridine rings is 1. The van der Waals surface area contributed by atoms with Crippen LogP contribution in [0.2, 0.25) is 10.0 Å². The van der Waals surface area contributed by atoms with Gasteiger partial charge in [-0.1, -0.05) is 30.1 Å². The third kappa shape index (κ3) is 3.59.